The summed E-state index contributed by atoms with van der Waals surface area (Å²) in [7, 11) is 1.72. The second kappa shape index (κ2) is 7.54. The predicted molar refractivity (Wildman–Crippen MR) is 94.4 cm³/mol. The Hall–Kier alpha value is -1.92. The smallest absolute Gasteiger partial charge is 0.229 e. The molecule has 1 saturated heterocycles. The van der Waals surface area contributed by atoms with Crippen molar-refractivity contribution in [3.05, 3.63) is 41.5 Å². The van der Waals surface area contributed by atoms with Crippen molar-refractivity contribution in [3.8, 4) is 5.75 Å². The Labute approximate surface area is 148 Å². The van der Waals surface area contributed by atoms with Gasteiger partial charge >= 0.3 is 0 Å². The van der Waals surface area contributed by atoms with E-state index in [9.17, 15) is 0 Å². The summed E-state index contributed by atoms with van der Waals surface area (Å²) in [6.45, 7) is 6.07. The zero-order valence-corrected chi connectivity index (χ0v) is 14.9. The van der Waals surface area contributed by atoms with Crippen molar-refractivity contribution in [2.24, 2.45) is 0 Å². The SMILES string of the molecule is COc1cccc(CN2CCCN(Cc3noc(C4CC4)n3)CC2)c1. The Bertz CT molecular complexity index is 698. The van der Waals surface area contributed by atoms with Crippen molar-refractivity contribution in [1.82, 2.24) is 19.9 Å². The molecule has 1 saturated carbocycles. The minimum atomic E-state index is 0.531. The van der Waals surface area contributed by atoms with E-state index < -0.39 is 0 Å². The van der Waals surface area contributed by atoms with E-state index in [0.717, 1.165) is 63.2 Å². The van der Waals surface area contributed by atoms with E-state index in [1.165, 1.54) is 18.4 Å². The maximum absolute atomic E-state index is 5.37. The van der Waals surface area contributed by atoms with Crippen LogP contribution in [0.15, 0.2) is 28.8 Å². The maximum atomic E-state index is 5.37. The number of aromatic nitrogens is 2. The minimum absolute atomic E-state index is 0.531. The first-order valence-electron chi connectivity index (χ1n) is 9.20. The first kappa shape index (κ1) is 16.5. The van der Waals surface area contributed by atoms with Crippen LogP contribution in [0.1, 0.15) is 42.5 Å². The van der Waals surface area contributed by atoms with Crippen LogP contribution in [0.4, 0.5) is 0 Å². The Morgan fingerprint density at radius 2 is 1.92 bits per heavy atom. The highest BCUT2D eigenvalue weighted by molar-refractivity contribution is 5.28. The van der Waals surface area contributed by atoms with Crippen molar-refractivity contribution in [1.29, 1.82) is 0 Å². The van der Waals surface area contributed by atoms with Gasteiger partial charge in [0.2, 0.25) is 5.89 Å². The van der Waals surface area contributed by atoms with Crippen LogP contribution >= 0.6 is 0 Å². The average Bonchev–Trinajstić information content (AvgIpc) is 3.41. The van der Waals surface area contributed by atoms with Gasteiger partial charge in [0.1, 0.15) is 5.75 Å². The van der Waals surface area contributed by atoms with Crippen molar-refractivity contribution in [2.45, 2.75) is 38.3 Å². The maximum Gasteiger partial charge on any atom is 0.229 e. The monoisotopic (exact) mass is 342 g/mol. The number of rotatable bonds is 6. The average molecular weight is 342 g/mol. The van der Waals surface area contributed by atoms with Gasteiger partial charge in [-0.15, -0.1) is 0 Å². The molecule has 25 heavy (non-hydrogen) atoms. The van der Waals surface area contributed by atoms with Crippen molar-refractivity contribution in [2.75, 3.05) is 33.3 Å². The lowest BCUT2D eigenvalue weighted by Crippen LogP contribution is -2.30. The second-order valence-corrected chi connectivity index (χ2v) is 7.08. The standard InChI is InChI=1S/C19H26N4O2/c1-24-17-5-2-4-15(12-17)13-22-8-3-9-23(11-10-22)14-18-20-19(25-21-18)16-6-7-16/h2,4-5,12,16H,3,6-11,13-14H2,1H3. The highest BCUT2D eigenvalue weighted by Gasteiger charge is 2.29. The van der Waals surface area contributed by atoms with E-state index in [-0.39, 0.29) is 0 Å². The molecule has 1 aliphatic carbocycles. The number of hydrogen-bond acceptors (Lipinski definition) is 6. The van der Waals surface area contributed by atoms with Gasteiger partial charge in [-0.05, 0) is 50.0 Å². The van der Waals surface area contributed by atoms with E-state index in [0.29, 0.717) is 5.92 Å². The fraction of sp³-hybridized carbons (Fsp3) is 0.579. The van der Waals surface area contributed by atoms with Gasteiger partial charge in [0.05, 0.1) is 13.7 Å². The molecule has 134 valence electrons. The molecule has 0 bridgehead atoms. The molecule has 2 fully saturated rings. The lowest BCUT2D eigenvalue weighted by Gasteiger charge is -2.21. The Balaban J connectivity index is 1.30. The summed E-state index contributed by atoms with van der Waals surface area (Å²) in [5.41, 5.74) is 1.31. The summed E-state index contributed by atoms with van der Waals surface area (Å²) >= 11 is 0. The van der Waals surface area contributed by atoms with Gasteiger partial charge in [-0.3, -0.25) is 9.80 Å². The molecule has 4 rings (SSSR count). The number of hydrogen-bond donors (Lipinski definition) is 0. The van der Waals surface area contributed by atoms with Gasteiger partial charge in [0, 0.05) is 25.6 Å². The van der Waals surface area contributed by atoms with Crippen molar-refractivity contribution < 1.29 is 9.26 Å². The summed E-state index contributed by atoms with van der Waals surface area (Å²) in [5.74, 6) is 3.13. The summed E-state index contributed by atoms with van der Waals surface area (Å²) < 4.78 is 10.7. The van der Waals surface area contributed by atoms with Gasteiger partial charge < -0.3 is 9.26 Å². The van der Waals surface area contributed by atoms with E-state index in [1.807, 2.05) is 6.07 Å². The van der Waals surface area contributed by atoms with Crippen LogP contribution in [-0.4, -0.2) is 53.2 Å². The number of ether oxygens (including phenoxy) is 1. The molecule has 2 aromatic rings. The zero-order valence-electron chi connectivity index (χ0n) is 14.9. The highest BCUT2D eigenvalue weighted by Crippen LogP contribution is 2.38. The van der Waals surface area contributed by atoms with Gasteiger partial charge in [0.25, 0.3) is 0 Å². The third-order valence-corrected chi connectivity index (χ3v) is 5.00. The summed E-state index contributed by atoms with van der Waals surface area (Å²) in [6.07, 6.45) is 3.56. The van der Waals surface area contributed by atoms with Crippen molar-refractivity contribution in [3.63, 3.8) is 0 Å². The normalized spacial score (nSPS) is 19.7. The molecule has 0 radical (unpaired) electrons. The van der Waals surface area contributed by atoms with Crippen LogP contribution in [0.2, 0.25) is 0 Å². The second-order valence-electron chi connectivity index (χ2n) is 7.08. The first-order chi connectivity index (χ1) is 12.3. The topological polar surface area (TPSA) is 54.6 Å². The van der Waals surface area contributed by atoms with Crippen LogP contribution in [0.25, 0.3) is 0 Å². The first-order valence-corrected chi connectivity index (χ1v) is 9.20. The summed E-state index contributed by atoms with van der Waals surface area (Å²) in [4.78, 5) is 9.51. The van der Waals surface area contributed by atoms with Crippen molar-refractivity contribution >= 4 is 0 Å². The summed E-state index contributed by atoms with van der Waals surface area (Å²) in [5, 5.41) is 4.15. The fourth-order valence-electron chi connectivity index (χ4n) is 3.40. The highest BCUT2D eigenvalue weighted by atomic mass is 16.5. The van der Waals surface area contributed by atoms with Crippen LogP contribution in [0.3, 0.4) is 0 Å². The molecule has 1 aliphatic heterocycles. The third kappa shape index (κ3) is 4.38. The van der Waals surface area contributed by atoms with E-state index in [4.69, 9.17) is 9.26 Å². The summed E-state index contributed by atoms with van der Waals surface area (Å²) in [6, 6.07) is 8.35. The quantitative estimate of drug-likeness (QED) is 0.804. The number of nitrogens with zero attached hydrogens (tertiary/aromatic N) is 4. The number of benzene rings is 1. The molecule has 1 aromatic heterocycles. The van der Waals surface area contributed by atoms with Gasteiger partial charge in [0.15, 0.2) is 5.82 Å². The van der Waals surface area contributed by atoms with Gasteiger partial charge in [-0.2, -0.15) is 4.98 Å². The van der Waals surface area contributed by atoms with E-state index >= 15 is 0 Å². The third-order valence-electron chi connectivity index (χ3n) is 5.00. The molecule has 0 unspecified atom stereocenters. The minimum Gasteiger partial charge on any atom is -0.497 e. The molecule has 0 spiro atoms. The number of methoxy groups -OCH3 is 1. The molecule has 2 heterocycles. The molecule has 6 heteroatoms. The Kier molecular flexibility index (Phi) is 4.99. The molecule has 0 atom stereocenters. The molecular formula is C19H26N4O2. The molecule has 1 aromatic carbocycles. The lowest BCUT2D eigenvalue weighted by molar-refractivity contribution is 0.241. The fourth-order valence-corrected chi connectivity index (χ4v) is 3.40. The molecular weight excluding hydrogens is 316 g/mol. The van der Waals surface area contributed by atoms with Crippen LogP contribution in [0, 0.1) is 0 Å². The van der Waals surface area contributed by atoms with Crippen LogP contribution in [-0.2, 0) is 13.1 Å². The Morgan fingerprint density at radius 3 is 2.68 bits per heavy atom. The van der Waals surface area contributed by atoms with Crippen LogP contribution < -0.4 is 4.74 Å². The Morgan fingerprint density at radius 1 is 1.12 bits per heavy atom. The largest absolute Gasteiger partial charge is 0.497 e. The van der Waals surface area contributed by atoms with Gasteiger partial charge in [-0.1, -0.05) is 17.3 Å². The van der Waals surface area contributed by atoms with Crippen LogP contribution in [0.5, 0.6) is 5.75 Å². The molecule has 2 aliphatic rings. The lowest BCUT2D eigenvalue weighted by atomic mass is 10.2. The zero-order chi connectivity index (χ0) is 17.1. The van der Waals surface area contributed by atoms with E-state index in [2.05, 4.69) is 38.1 Å². The molecule has 6 nitrogen and oxygen atoms in total. The molecule has 0 N–H and O–H groups in total. The van der Waals surface area contributed by atoms with E-state index in [1.54, 1.807) is 7.11 Å². The van der Waals surface area contributed by atoms with Gasteiger partial charge in [-0.25, -0.2) is 0 Å². The molecule has 0 amide bonds. The predicted octanol–water partition coefficient (Wildman–Crippen LogP) is 2.66.